The van der Waals surface area contributed by atoms with E-state index in [1.807, 2.05) is 31.2 Å². The Balaban J connectivity index is 2.51. The Morgan fingerprint density at radius 2 is 1.75 bits per heavy atom. The summed E-state index contributed by atoms with van der Waals surface area (Å²) < 4.78 is 0. The number of rotatable bonds is 5. The van der Waals surface area contributed by atoms with Crippen molar-refractivity contribution >= 4 is 17.3 Å². The summed E-state index contributed by atoms with van der Waals surface area (Å²) in [6, 6.07) is 7.79. The molecule has 0 aliphatic rings. The minimum Gasteiger partial charge on any atom is -0.385 e. The SMILES string of the molecule is CCC(=O)Nc1ccc(NCC(C)C)cc1. The maximum absolute atomic E-state index is 11.2. The lowest BCUT2D eigenvalue weighted by molar-refractivity contribution is -0.115. The average Bonchev–Trinajstić information content (AvgIpc) is 2.28. The van der Waals surface area contributed by atoms with Crippen molar-refractivity contribution in [3.8, 4) is 0 Å². The maximum atomic E-state index is 11.2. The number of anilines is 2. The predicted molar refractivity (Wildman–Crippen MR) is 68.7 cm³/mol. The number of carbonyl (C=O) groups is 1. The third kappa shape index (κ3) is 4.34. The smallest absolute Gasteiger partial charge is 0.224 e. The van der Waals surface area contributed by atoms with E-state index in [4.69, 9.17) is 0 Å². The molecule has 0 bridgehead atoms. The van der Waals surface area contributed by atoms with Gasteiger partial charge in [-0.3, -0.25) is 4.79 Å². The molecule has 0 saturated heterocycles. The lowest BCUT2D eigenvalue weighted by Crippen LogP contribution is -2.10. The summed E-state index contributed by atoms with van der Waals surface area (Å²) in [4.78, 5) is 11.2. The van der Waals surface area contributed by atoms with Crippen molar-refractivity contribution in [3.63, 3.8) is 0 Å². The van der Waals surface area contributed by atoms with Crippen molar-refractivity contribution in [2.75, 3.05) is 17.2 Å². The number of benzene rings is 1. The van der Waals surface area contributed by atoms with Gasteiger partial charge in [0, 0.05) is 24.3 Å². The van der Waals surface area contributed by atoms with Gasteiger partial charge in [-0.25, -0.2) is 0 Å². The fraction of sp³-hybridized carbons (Fsp3) is 0.462. The van der Waals surface area contributed by atoms with Gasteiger partial charge in [0.25, 0.3) is 0 Å². The highest BCUT2D eigenvalue weighted by Gasteiger charge is 1.99. The van der Waals surface area contributed by atoms with Crippen molar-refractivity contribution in [2.24, 2.45) is 5.92 Å². The Morgan fingerprint density at radius 3 is 2.25 bits per heavy atom. The van der Waals surface area contributed by atoms with Crippen LogP contribution in [-0.2, 0) is 4.79 Å². The fourth-order valence-corrected chi connectivity index (χ4v) is 1.24. The van der Waals surface area contributed by atoms with E-state index in [1.54, 1.807) is 0 Å². The Hall–Kier alpha value is -1.51. The standard InChI is InChI=1S/C13H20N2O/c1-4-13(16)15-12-7-5-11(6-8-12)14-9-10(2)3/h5-8,10,14H,4,9H2,1-3H3,(H,15,16). The van der Waals surface area contributed by atoms with Gasteiger partial charge in [0.15, 0.2) is 0 Å². The molecule has 1 rings (SSSR count). The monoisotopic (exact) mass is 220 g/mol. The molecular formula is C13H20N2O. The van der Waals surface area contributed by atoms with Crippen molar-refractivity contribution in [1.82, 2.24) is 0 Å². The molecule has 1 aromatic rings. The minimum atomic E-state index is 0.0443. The van der Waals surface area contributed by atoms with Gasteiger partial charge >= 0.3 is 0 Å². The third-order valence-corrected chi connectivity index (χ3v) is 2.20. The van der Waals surface area contributed by atoms with E-state index >= 15 is 0 Å². The molecule has 0 fully saturated rings. The molecule has 1 aromatic carbocycles. The average molecular weight is 220 g/mol. The molecule has 16 heavy (non-hydrogen) atoms. The second-order valence-corrected chi connectivity index (χ2v) is 4.25. The number of hydrogen-bond donors (Lipinski definition) is 2. The molecule has 2 N–H and O–H groups in total. The number of hydrogen-bond acceptors (Lipinski definition) is 2. The van der Waals surface area contributed by atoms with Gasteiger partial charge < -0.3 is 10.6 Å². The summed E-state index contributed by atoms with van der Waals surface area (Å²) in [7, 11) is 0. The second kappa shape index (κ2) is 6.16. The summed E-state index contributed by atoms with van der Waals surface area (Å²) in [6.45, 7) is 7.14. The Kier molecular flexibility index (Phi) is 4.83. The van der Waals surface area contributed by atoms with Gasteiger partial charge in [-0.15, -0.1) is 0 Å². The molecule has 0 heterocycles. The zero-order valence-electron chi connectivity index (χ0n) is 10.2. The number of amides is 1. The van der Waals surface area contributed by atoms with Crippen LogP contribution in [0.2, 0.25) is 0 Å². The minimum absolute atomic E-state index is 0.0443. The van der Waals surface area contributed by atoms with E-state index in [2.05, 4.69) is 24.5 Å². The second-order valence-electron chi connectivity index (χ2n) is 4.25. The number of carbonyl (C=O) groups excluding carboxylic acids is 1. The molecule has 0 aromatic heterocycles. The summed E-state index contributed by atoms with van der Waals surface area (Å²) in [5, 5.41) is 6.14. The zero-order valence-corrected chi connectivity index (χ0v) is 10.2. The molecule has 0 spiro atoms. The van der Waals surface area contributed by atoms with Crippen LogP contribution in [0.5, 0.6) is 0 Å². The predicted octanol–water partition coefficient (Wildman–Crippen LogP) is 3.10. The van der Waals surface area contributed by atoms with Crippen molar-refractivity contribution in [2.45, 2.75) is 27.2 Å². The fourth-order valence-electron chi connectivity index (χ4n) is 1.24. The van der Waals surface area contributed by atoms with Gasteiger partial charge in [0.1, 0.15) is 0 Å². The van der Waals surface area contributed by atoms with Crippen molar-refractivity contribution < 1.29 is 4.79 Å². The molecule has 88 valence electrons. The highest BCUT2D eigenvalue weighted by atomic mass is 16.1. The van der Waals surface area contributed by atoms with Crippen LogP contribution in [-0.4, -0.2) is 12.5 Å². The third-order valence-electron chi connectivity index (χ3n) is 2.20. The van der Waals surface area contributed by atoms with Crippen LogP contribution in [0.15, 0.2) is 24.3 Å². The van der Waals surface area contributed by atoms with Gasteiger partial charge in [0.2, 0.25) is 5.91 Å². The van der Waals surface area contributed by atoms with Crippen molar-refractivity contribution in [3.05, 3.63) is 24.3 Å². The van der Waals surface area contributed by atoms with Crippen LogP contribution in [0, 0.1) is 5.92 Å². The van der Waals surface area contributed by atoms with Crippen LogP contribution in [0.4, 0.5) is 11.4 Å². The maximum Gasteiger partial charge on any atom is 0.224 e. The number of nitrogens with one attached hydrogen (secondary N) is 2. The quantitative estimate of drug-likeness (QED) is 0.800. The zero-order chi connectivity index (χ0) is 12.0. The lowest BCUT2D eigenvalue weighted by atomic mass is 10.2. The van der Waals surface area contributed by atoms with E-state index in [-0.39, 0.29) is 5.91 Å². The lowest BCUT2D eigenvalue weighted by Gasteiger charge is -2.09. The van der Waals surface area contributed by atoms with Crippen LogP contribution in [0.3, 0.4) is 0 Å². The van der Waals surface area contributed by atoms with E-state index in [1.165, 1.54) is 0 Å². The van der Waals surface area contributed by atoms with Crippen LogP contribution in [0.25, 0.3) is 0 Å². The molecule has 3 nitrogen and oxygen atoms in total. The van der Waals surface area contributed by atoms with Gasteiger partial charge in [-0.05, 0) is 30.2 Å². The summed E-state index contributed by atoms with van der Waals surface area (Å²) in [5.74, 6) is 0.669. The Labute approximate surface area is 97.2 Å². The highest BCUT2D eigenvalue weighted by molar-refractivity contribution is 5.90. The molecule has 0 radical (unpaired) electrons. The van der Waals surface area contributed by atoms with E-state index in [0.717, 1.165) is 17.9 Å². The van der Waals surface area contributed by atoms with Crippen LogP contribution >= 0.6 is 0 Å². The molecule has 0 aliphatic carbocycles. The Morgan fingerprint density at radius 1 is 1.19 bits per heavy atom. The highest BCUT2D eigenvalue weighted by Crippen LogP contribution is 2.14. The van der Waals surface area contributed by atoms with Gasteiger partial charge in [-0.1, -0.05) is 20.8 Å². The van der Waals surface area contributed by atoms with Crippen LogP contribution in [0.1, 0.15) is 27.2 Å². The first kappa shape index (κ1) is 12.6. The molecule has 0 atom stereocenters. The first-order chi connectivity index (χ1) is 7.61. The summed E-state index contributed by atoms with van der Waals surface area (Å²) >= 11 is 0. The first-order valence-electron chi connectivity index (χ1n) is 5.75. The van der Waals surface area contributed by atoms with Crippen LogP contribution < -0.4 is 10.6 Å². The largest absolute Gasteiger partial charge is 0.385 e. The molecule has 0 aliphatic heterocycles. The van der Waals surface area contributed by atoms with E-state index < -0.39 is 0 Å². The molecular weight excluding hydrogens is 200 g/mol. The van der Waals surface area contributed by atoms with Crippen molar-refractivity contribution in [1.29, 1.82) is 0 Å². The Bertz CT molecular complexity index is 330. The van der Waals surface area contributed by atoms with E-state index in [0.29, 0.717) is 12.3 Å². The summed E-state index contributed by atoms with van der Waals surface area (Å²) in [6.07, 6.45) is 0.507. The molecule has 3 heteroatoms. The molecule has 1 amide bonds. The summed E-state index contributed by atoms with van der Waals surface area (Å²) in [5.41, 5.74) is 1.94. The topological polar surface area (TPSA) is 41.1 Å². The van der Waals surface area contributed by atoms with Gasteiger partial charge in [0.05, 0.1) is 0 Å². The normalized spacial score (nSPS) is 10.2. The first-order valence-corrected chi connectivity index (χ1v) is 5.75. The molecule has 0 saturated carbocycles. The molecule has 0 unspecified atom stereocenters. The van der Waals surface area contributed by atoms with Gasteiger partial charge in [-0.2, -0.15) is 0 Å². The van der Waals surface area contributed by atoms with E-state index in [9.17, 15) is 4.79 Å².